The van der Waals surface area contributed by atoms with E-state index in [1.165, 1.54) is 4.68 Å². The number of hydrogen-bond donors (Lipinski definition) is 0. The van der Waals surface area contributed by atoms with Gasteiger partial charge in [0.25, 0.3) is 5.91 Å². The van der Waals surface area contributed by atoms with Crippen LogP contribution < -0.4 is 10.2 Å². The Morgan fingerprint density at radius 2 is 1.86 bits per heavy atom. The summed E-state index contributed by atoms with van der Waals surface area (Å²) < 4.78 is 11.9. The Morgan fingerprint density at radius 1 is 1.17 bits per heavy atom. The minimum atomic E-state index is -1.04. The Morgan fingerprint density at radius 3 is 2.44 bits per heavy atom. The molecule has 2 aromatic rings. The second-order valence-corrected chi connectivity index (χ2v) is 9.30. The van der Waals surface area contributed by atoms with Gasteiger partial charge in [0.15, 0.2) is 5.69 Å². The Hall–Kier alpha value is -3.94. The van der Waals surface area contributed by atoms with E-state index in [-0.39, 0.29) is 30.2 Å². The molecular weight excluding hydrogens is 458 g/mol. The summed E-state index contributed by atoms with van der Waals surface area (Å²) in [5, 5.41) is 4.35. The van der Waals surface area contributed by atoms with Gasteiger partial charge in [-0.15, -0.1) is 0 Å². The van der Waals surface area contributed by atoms with E-state index < -0.39 is 29.3 Å². The van der Waals surface area contributed by atoms with Gasteiger partial charge in [-0.1, -0.05) is 75.6 Å². The molecule has 3 rings (SSSR count). The van der Waals surface area contributed by atoms with Gasteiger partial charge in [0.1, 0.15) is 0 Å². The molecule has 36 heavy (non-hydrogen) atoms. The third-order valence-corrected chi connectivity index (χ3v) is 5.92. The molecule has 0 radical (unpaired) electrons. The highest BCUT2D eigenvalue weighted by Gasteiger charge is 2.41. The fourth-order valence-electron chi connectivity index (χ4n) is 4.27. The molecule has 190 valence electrons. The number of aromatic nitrogens is 2. The number of nitrogens with zero attached hydrogens (tertiary/aromatic N) is 3. The van der Waals surface area contributed by atoms with Crippen LogP contribution in [0.1, 0.15) is 55.7 Å². The molecule has 2 heterocycles. The van der Waals surface area contributed by atoms with Gasteiger partial charge in [-0.2, -0.15) is 5.10 Å². The lowest BCUT2D eigenvalue weighted by molar-refractivity contribution is 0.0560. The molecular formula is C28H33N3O5. The van der Waals surface area contributed by atoms with Crippen LogP contribution in [0.2, 0.25) is 0 Å². The van der Waals surface area contributed by atoms with Gasteiger partial charge in [-0.3, -0.25) is 14.3 Å². The quantitative estimate of drug-likeness (QED) is 0.366. The maximum atomic E-state index is 13.6. The first-order valence-electron chi connectivity index (χ1n) is 12.0. The summed E-state index contributed by atoms with van der Waals surface area (Å²) in [4.78, 5) is 40.4. The van der Waals surface area contributed by atoms with Gasteiger partial charge < -0.3 is 14.4 Å². The van der Waals surface area contributed by atoms with Crippen molar-refractivity contribution in [2.75, 3.05) is 13.2 Å². The molecule has 0 spiro atoms. The predicted molar refractivity (Wildman–Crippen MR) is 138 cm³/mol. The van der Waals surface area contributed by atoms with Crippen LogP contribution in [0.5, 0.6) is 5.75 Å². The molecule has 0 saturated heterocycles. The second kappa shape index (κ2) is 11.7. The van der Waals surface area contributed by atoms with E-state index >= 15 is 0 Å². The fourth-order valence-corrected chi connectivity index (χ4v) is 4.27. The van der Waals surface area contributed by atoms with Gasteiger partial charge in [0, 0.05) is 18.5 Å². The lowest BCUT2D eigenvalue weighted by Gasteiger charge is -2.41. The third kappa shape index (κ3) is 5.64. The van der Waals surface area contributed by atoms with Crippen LogP contribution in [0.15, 0.2) is 78.3 Å². The Balaban J connectivity index is 2.22. The summed E-state index contributed by atoms with van der Waals surface area (Å²) in [5.74, 6) is -1.05. The van der Waals surface area contributed by atoms with E-state index in [0.29, 0.717) is 6.54 Å². The zero-order chi connectivity index (χ0) is 26.4. The monoisotopic (exact) mass is 491 g/mol. The number of carbonyl (C=O) groups is 2. The molecule has 1 aliphatic heterocycles. The number of allylic oxidation sites excluding steroid dienone is 4. The van der Waals surface area contributed by atoms with E-state index in [1.807, 2.05) is 64.1 Å². The Labute approximate surface area is 211 Å². The first kappa shape index (κ1) is 26.7. The maximum Gasteiger partial charge on any atom is 0.514 e. The number of hydrogen-bond acceptors (Lipinski definition) is 6. The predicted octanol–water partition coefficient (Wildman–Crippen LogP) is 4.90. The van der Waals surface area contributed by atoms with Crippen molar-refractivity contribution in [1.82, 2.24) is 14.7 Å². The van der Waals surface area contributed by atoms with Crippen molar-refractivity contribution in [2.45, 2.75) is 45.7 Å². The summed E-state index contributed by atoms with van der Waals surface area (Å²) in [5.41, 5.74) is 1.07. The SMILES string of the molecule is C=C/C=C(\C=C)C(c1ccccc1)[C@H]1CN(C(C)C)C(=O)c2c(OC(=O)OCC(C)C)c(=O)cnn21. The number of benzene rings is 1. The van der Waals surface area contributed by atoms with Crippen molar-refractivity contribution in [3.8, 4) is 5.75 Å². The highest BCUT2D eigenvalue weighted by molar-refractivity contribution is 5.96. The summed E-state index contributed by atoms with van der Waals surface area (Å²) >= 11 is 0. The Bertz CT molecular complexity index is 1210. The fraction of sp³-hybridized carbons (Fsp3) is 0.357. The van der Waals surface area contributed by atoms with Crippen LogP contribution in [0.25, 0.3) is 0 Å². The van der Waals surface area contributed by atoms with Gasteiger partial charge in [-0.25, -0.2) is 4.79 Å². The lowest BCUT2D eigenvalue weighted by Crippen LogP contribution is -2.50. The molecule has 1 amide bonds. The maximum absolute atomic E-state index is 13.6. The van der Waals surface area contributed by atoms with Crippen LogP contribution in [0.3, 0.4) is 0 Å². The van der Waals surface area contributed by atoms with E-state index in [9.17, 15) is 14.4 Å². The molecule has 1 aliphatic rings. The topological polar surface area (TPSA) is 90.7 Å². The van der Waals surface area contributed by atoms with E-state index in [0.717, 1.165) is 17.3 Å². The summed E-state index contributed by atoms with van der Waals surface area (Å²) in [7, 11) is 0. The van der Waals surface area contributed by atoms with Gasteiger partial charge in [0.2, 0.25) is 11.2 Å². The molecule has 0 aliphatic carbocycles. The number of fused-ring (bicyclic) bond motifs is 1. The first-order valence-corrected chi connectivity index (χ1v) is 12.0. The minimum Gasteiger partial charge on any atom is -0.434 e. The molecule has 8 heteroatoms. The summed E-state index contributed by atoms with van der Waals surface area (Å²) in [6.45, 7) is 15.8. The molecule has 1 aromatic heterocycles. The van der Waals surface area contributed by atoms with Crippen molar-refractivity contribution in [1.29, 1.82) is 0 Å². The second-order valence-electron chi connectivity index (χ2n) is 9.30. The smallest absolute Gasteiger partial charge is 0.434 e. The van der Waals surface area contributed by atoms with Crippen molar-refractivity contribution < 1.29 is 19.1 Å². The number of amides is 1. The average Bonchev–Trinajstić information content (AvgIpc) is 2.85. The molecule has 0 bridgehead atoms. The van der Waals surface area contributed by atoms with Crippen LogP contribution in [-0.2, 0) is 4.74 Å². The number of rotatable bonds is 9. The highest BCUT2D eigenvalue weighted by atomic mass is 16.7. The Kier molecular flexibility index (Phi) is 8.64. The summed E-state index contributed by atoms with van der Waals surface area (Å²) in [6, 6.07) is 9.16. The first-order chi connectivity index (χ1) is 17.2. The molecule has 1 unspecified atom stereocenters. The van der Waals surface area contributed by atoms with Crippen LogP contribution in [0.4, 0.5) is 4.79 Å². The van der Waals surface area contributed by atoms with Crippen molar-refractivity contribution in [3.05, 3.63) is 95.0 Å². The molecule has 1 aromatic carbocycles. The number of carbonyl (C=O) groups excluding carboxylic acids is 2. The average molecular weight is 492 g/mol. The summed E-state index contributed by atoms with van der Waals surface area (Å²) in [6.07, 6.45) is 5.31. The van der Waals surface area contributed by atoms with E-state index in [4.69, 9.17) is 9.47 Å². The normalized spacial score (nSPS) is 16.5. The molecule has 0 fully saturated rings. The largest absolute Gasteiger partial charge is 0.514 e. The van der Waals surface area contributed by atoms with Gasteiger partial charge in [-0.05, 0) is 30.9 Å². The van der Waals surface area contributed by atoms with Crippen molar-refractivity contribution in [2.24, 2.45) is 5.92 Å². The zero-order valence-corrected chi connectivity index (χ0v) is 21.2. The number of ether oxygens (including phenoxy) is 2. The third-order valence-electron chi connectivity index (χ3n) is 5.92. The van der Waals surface area contributed by atoms with E-state index in [2.05, 4.69) is 18.3 Å². The van der Waals surface area contributed by atoms with Gasteiger partial charge in [0.05, 0.1) is 18.8 Å². The van der Waals surface area contributed by atoms with E-state index in [1.54, 1.807) is 17.1 Å². The van der Waals surface area contributed by atoms with Crippen LogP contribution in [0, 0.1) is 5.92 Å². The lowest BCUT2D eigenvalue weighted by atomic mass is 9.83. The van der Waals surface area contributed by atoms with Crippen LogP contribution in [-0.4, -0.2) is 45.9 Å². The molecule has 0 N–H and O–H groups in total. The molecule has 0 saturated carbocycles. The van der Waals surface area contributed by atoms with Crippen molar-refractivity contribution >= 4 is 12.1 Å². The molecule has 8 nitrogen and oxygen atoms in total. The highest BCUT2D eigenvalue weighted by Crippen LogP contribution is 2.40. The van der Waals surface area contributed by atoms with Gasteiger partial charge >= 0.3 is 6.16 Å². The standard InChI is InChI=1S/C28H33N3O5/c1-7-12-20(8-2)24(21-13-10-9-11-14-21)22-16-30(19(5)6)27(33)25-26(23(32)15-29-31(22)25)36-28(34)35-17-18(3)4/h7-15,18-19,22,24H,1-2,16-17H2,3-6H3/b20-12+/t22-,24?/m1/s1. The van der Waals surface area contributed by atoms with Crippen molar-refractivity contribution in [3.63, 3.8) is 0 Å². The zero-order valence-electron chi connectivity index (χ0n) is 21.2. The molecule has 2 atom stereocenters. The van der Waals surface area contributed by atoms with Crippen LogP contribution >= 0.6 is 0 Å². The minimum absolute atomic E-state index is 0.0769.